The zero-order chi connectivity index (χ0) is 27.9. The minimum Gasteiger partial charge on any atom is -0.338 e. The number of hydrogen-bond donors (Lipinski definition) is 3. The predicted molar refractivity (Wildman–Crippen MR) is 143 cm³/mol. The molecule has 0 bridgehead atoms. The molecule has 0 saturated heterocycles. The summed E-state index contributed by atoms with van der Waals surface area (Å²) in [4.78, 5) is 15.2. The smallest absolute Gasteiger partial charge is 0.338 e. The van der Waals surface area contributed by atoms with Gasteiger partial charge in [-0.2, -0.15) is 18.4 Å². The predicted octanol–water partition coefficient (Wildman–Crippen LogP) is 4.38. The SMILES string of the molecule is CCN(CCN)Cc1ccc(-c2ccc(CC(C#N)NC(=O)C3(N)CC(C)CC(C(F)(F)F)C3)cc2)cc1. The third-order valence-corrected chi connectivity index (χ3v) is 7.37. The fraction of sp³-hybridized carbons (Fsp3) is 0.517. The molecule has 1 fully saturated rings. The number of nitrogens with two attached hydrogens (primary N) is 2. The van der Waals surface area contributed by atoms with Gasteiger partial charge in [0.05, 0.1) is 17.5 Å². The summed E-state index contributed by atoms with van der Waals surface area (Å²) >= 11 is 0. The van der Waals surface area contributed by atoms with Crippen molar-refractivity contribution in [3.63, 3.8) is 0 Å². The van der Waals surface area contributed by atoms with Gasteiger partial charge < -0.3 is 16.8 Å². The Morgan fingerprint density at radius 1 is 1.13 bits per heavy atom. The summed E-state index contributed by atoms with van der Waals surface area (Å²) in [6, 6.07) is 17.2. The highest BCUT2D eigenvalue weighted by Gasteiger charge is 2.51. The maximum atomic E-state index is 13.4. The highest BCUT2D eigenvalue weighted by atomic mass is 19.4. The molecule has 0 heterocycles. The van der Waals surface area contributed by atoms with Crippen LogP contribution in [0.2, 0.25) is 0 Å². The normalized spacial score (nSPS) is 22.6. The van der Waals surface area contributed by atoms with E-state index in [1.165, 1.54) is 5.56 Å². The van der Waals surface area contributed by atoms with E-state index in [-0.39, 0.29) is 25.2 Å². The molecule has 1 amide bonds. The van der Waals surface area contributed by atoms with Crippen molar-refractivity contribution in [2.75, 3.05) is 19.6 Å². The third kappa shape index (κ3) is 7.79. The van der Waals surface area contributed by atoms with Crippen molar-refractivity contribution >= 4 is 5.91 Å². The number of likely N-dealkylation sites (N-methyl/N-ethyl adjacent to an activating group) is 1. The Morgan fingerprint density at radius 2 is 1.71 bits per heavy atom. The maximum Gasteiger partial charge on any atom is 0.391 e. The minimum atomic E-state index is -4.41. The van der Waals surface area contributed by atoms with Gasteiger partial charge in [0.15, 0.2) is 0 Å². The van der Waals surface area contributed by atoms with Gasteiger partial charge in [0.25, 0.3) is 0 Å². The number of carbonyl (C=O) groups is 1. The standard InChI is InChI=1S/C29H38F3N5O/c1-3-37(13-12-33)19-22-6-10-24(11-7-22)23-8-4-21(5-9-23)15-26(18-34)36-27(38)28(35)16-20(2)14-25(17-28)29(30,31)32/h4-11,20,25-26H,3,12-17,19,33,35H2,1-2H3,(H,36,38). The Hall–Kier alpha value is -2.93. The molecular weight excluding hydrogens is 491 g/mol. The van der Waals surface area contributed by atoms with Crippen molar-refractivity contribution in [2.24, 2.45) is 23.3 Å². The number of amides is 1. The number of halogens is 3. The fourth-order valence-electron chi connectivity index (χ4n) is 5.32. The fourth-order valence-corrected chi connectivity index (χ4v) is 5.32. The van der Waals surface area contributed by atoms with Crippen molar-refractivity contribution < 1.29 is 18.0 Å². The van der Waals surface area contributed by atoms with Crippen molar-refractivity contribution in [3.05, 3.63) is 59.7 Å². The van der Waals surface area contributed by atoms with E-state index >= 15 is 0 Å². The summed E-state index contributed by atoms with van der Waals surface area (Å²) in [5.41, 5.74) is 14.3. The quantitative estimate of drug-likeness (QED) is 0.423. The first kappa shape index (κ1) is 29.6. The zero-order valence-electron chi connectivity index (χ0n) is 22.1. The van der Waals surface area contributed by atoms with Gasteiger partial charge in [0.2, 0.25) is 5.91 Å². The second-order valence-electron chi connectivity index (χ2n) is 10.6. The summed E-state index contributed by atoms with van der Waals surface area (Å²) in [5.74, 6) is -2.67. The van der Waals surface area contributed by atoms with Crippen LogP contribution in [0.5, 0.6) is 0 Å². The van der Waals surface area contributed by atoms with Crippen LogP contribution < -0.4 is 16.8 Å². The lowest BCUT2D eigenvalue weighted by Crippen LogP contribution is -2.60. The van der Waals surface area contributed by atoms with Crippen molar-refractivity contribution in [1.29, 1.82) is 5.26 Å². The molecule has 1 aliphatic carbocycles. The van der Waals surface area contributed by atoms with Crippen LogP contribution in [0.1, 0.15) is 44.2 Å². The average Bonchev–Trinajstić information content (AvgIpc) is 2.88. The van der Waals surface area contributed by atoms with Gasteiger partial charge in [-0.15, -0.1) is 0 Å². The van der Waals surface area contributed by atoms with Crippen molar-refractivity contribution in [2.45, 2.75) is 63.8 Å². The van der Waals surface area contributed by atoms with E-state index in [9.17, 15) is 23.2 Å². The summed E-state index contributed by atoms with van der Waals surface area (Å²) in [6.45, 7) is 7.04. The maximum absolute atomic E-state index is 13.4. The van der Waals surface area contributed by atoms with Gasteiger partial charge in [-0.3, -0.25) is 9.69 Å². The minimum absolute atomic E-state index is 0.0437. The van der Waals surface area contributed by atoms with Crippen LogP contribution in [0.15, 0.2) is 48.5 Å². The molecule has 1 saturated carbocycles. The molecule has 5 N–H and O–H groups in total. The third-order valence-electron chi connectivity index (χ3n) is 7.37. The molecule has 4 unspecified atom stereocenters. The Morgan fingerprint density at radius 3 is 2.21 bits per heavy atom. The second-order valence-corrected chi connectivity index (χ2v) is 10.6. The number of carbonyl (C=O) groups excluding carboxylic acids is 1. The molecule has 4 atom stereocenters. The van der Waals surface area contributed by atoms with Crippen LogP contribution in [-0.4, -0.2) is 48.2 Å². The van der Waals surface area contributed by atoms with E-state index in [0.29, 0.717) is 6.54 Å². The molecule has 1 aliphatic rings. The Balaban J connectivity index is 1.62. The van der Waals surface area contributed by atoms with Gasteiger partial charge in [-0.1, -0.05) is 62.4 Å². The van der Waals surface area contributed by atoms with Crippen LogP contribution in [0, 0.1) is 23.2 Å². The lowest BCUT2D eigenvalue weighted by molar-refractivity contribution is -0.191. The lowest BCUT2D eigenvalue weighted by Gasteiger charge is -2.40. The molecular formula is C29H38F3N5O. The number of alkyl halides is 3. The number of benzene rings is 2. The lowest BCUT2D eigenvalue weighted by atomic mass is 9.70. The number of nitriles is 1. The first-order valence-electron chi connectivity index (χ1n) is 13.1. The zero-order valence-corrected chi connectivity index (χ0v) is 22.1. The molecule has 0 aromatic heterocycles. The van der Waals surface area contributed by atoms with Crippen molar-refractivity contribution in [3.8, 4) is 17.2 Å². The molecule has 0 spiro atoms. The van der Waals surface area contributed by atoms with E-state index in [4.69, 9.17) is 11.5 Å². The van der Waals surface area contributed by atoms with E-state index < -0.39 is 36.0 Å². The Kier molecular flexibility index (Phi) is 9.94. The largest absolute Gasteiger partial charge is 0.391 e. The van der Waals surface area contributed by atoms with E-state index in [0.717, 1.165) is 36.3 Å². The number of rotatable bonds is 10. The molecule has 3 rings (SSSR count). The van der Waals surface area contributed by atoms with Gasteiger partial charge in [0, 0.05) is 26.1 Å². The monoisotopic (exact) mass is 529 g/mol. The van der Waals surface area contributed by atoms with Crippen molar-refractivity contribution in [1.82, 2.24) is 10.2 Å². The highest BCUT2D eigenvalue weighted by Crippen LogP contribution is 2.43. The van der Waals surface area contributed by atoms with Gasteiger partial charge in [-0.05, 0) is 54.0 Å². The number of nitrogens with zero attached hydrogens (tertiary/aromatic N) is 2. The molecule has 2 aromatic carbocycles. The van der Waals surface area contributed by atoms with Crippen LogP contribution in [0.3, 0.4) is 0 Å². The van der Waals surface area contributed by atoms with Gasteiger partial charge in [-0.25, -0.2) is 0 Å². The molecule has 0 radical (unpaired) electrons. The summed E-state index contributed by atoms with van der Waals surface area (Å²) in [5, 5.41) is 12.2. The van der Waals surface area contributed by atoms with E-state index in [2.05, 4.69) is 47.5 Å². The van der Waals surface area contributed by atoms with Crippen LogP contribution in [0.25, 0.3) is 11.1 Å². The molecule has 6 nitrogen and oxygen atoms in total. The summed E-state index contributed by atoms with van der Waals surface area (Å²) < 4.78 is 40.1. The van der Waals surface area contributed by atoms with Crippen LogP contribution in [0.4, 0.5) is 13.2 Å². The average molecular weight is 530 g/mol. The number of nitrogens with one attached hydrogen (secondary N) is 1. The van der Waals surface area contributed by atoms with Gasteiger partial charge in [0.1, 0.15) is 6.04 Å². The highest BCUT2D eigenvalue weighted by molar-refractivity contribution is 5.86. The molecule has 2 aromatic rings. The summed E-state index contributed by atoms with van der Waals surface area (Å²) in [7, 11) is 0. The first-order chi connectivity index (χ1) is 18.0. The van der Waals surface area contributed by atoms with Crippen LogP contribution in [-0.2, 0) is 17.8 Å². The topological polar surface area (TPSA) is 108 Å². The van der Waals surface area contributed by atoms with E-state index in [1.807, 2.05) is 24.3 Å². The summed E-state index contributed by atoms with van der Waals surface area (Å²) in [6.07, 6.45) is -4.54. The first-order valence-corrected chi connectivity index (χ1v) is 13.1. The molecule has 0 aliphatic heterocycles. The molecule has 38 heavy (non-hydrogen) atoms. The molecule has 9 heteroatoms. The molecule has 206 valence electrons. The number of hydrogen-bond acceptors (Lipinski definition) is 5. The van der Waals surface area contributed by atoms with Crippen LogP contribution >= 0.6 is 0 Å². The Bertz CT molecular complexity index is 1100. The van der Waals surface area contributed by atoms with Gasteiger partial charge >= 0.3 is 6.18 Å². The second kappa shape index (κ2) is 12.7. The van der Waals surface area contributed by atoms with E-state index in [1.54, 1.807) is 6.92 Å². The Labute approximate surface area is 223 Å².